The third kappa shape index (κ3) is 4.32. The molecule has 1 fully saturated rings. The summed E-state index contributed by atoms with van der Waals surface area (Å²) in [7, 11) is 1.62. The second-order valence-corrected chi connectivity index (χ2v) is 8.08. The maximum absolute atomic E-state index is 12.9. The maximum Gasteiger partial charge on any atom is 0.254 e. The number of aromatic nitrogens is 1. The highest BCUT2D eigenvalue weighted by Crippen LogP contribution is 2.34. The van der Waals surface area contributed by atoms with E-state index in [0.717, 1.165) is 34.7 Å². The van der Waals surface area contributed by atoms with Crippen molar-refractivity contribution in [1.29, 1.82) is 5.26 Å². The molecule has 1 aliphatic carbocycles. The van der Waals surface area contributed by atoms with Gasteiger partial charge in [0.15, 0.2) is 0 Å². The van der Waals surface area contributed by atoms with Gasteiger partial charge < -0.3 is 19.7 Å². The van der Waals surface area contributed by atoms with E-state index in [0.29, 0.717) is 49.4 Å². The van der Waals surface area contributed by atoms with Gasteiger partial charge in [0.05, 0.1) is 37.2 Å². The number of fused-ring (bicyclic) bond motifs is 1. The van der Waals surface area contributed by atoms with E-state index in [1.54, 1.807) is 7.11 Å². The number of anilines is 1. The van der Waals surface area contributed by atoms with E-state index in [9.17, 15) is 10.1 Å². The van der Waals surface area contributed by atoms with Crippen LogP contribution in [0.3, 0.4) is 0 Å². The van der Waals surface area contributed by atoms with Crippen LogP contribution >= 0.6 is 0 Å². The number of morpholine rings is 1. The fourth-order valence-electron chi connectivity index (χ4n) is 4.33. The van der Waals surface area contributed by atoms with Gasteiger partial charge in [0.2, 0.25) is 0 Å². The van der Waals surface area contributed by atoms with Gasteiger partial charge in [-0.1, -0.05) is 12.1 Å². The van der Waals surface area contributed by atoms with Crippen LogP contribution in [0.5, 0.6) is 5.75 Å². The van der Waals surface area contributed by atoms with Crippen LogP contribution in [0.15, 0.2) is 30.3 Å². The smallest absolute Gasteiger partial charge is 0.254 e. The summed E-state index contributed by atoms with van der Waals surface area (Å²) in [4.78, 5) is 19.6. The molecule has 166 valence electrons. The van der Waals surface area contributed by atoms with Crippen molar-refractivity contribution in [3.05, 3.63) is 58.4 Å². The second kappa shape index (κ2) is 9.41. The number of rotatable bonds is 6. The van der Waals surface area contributed by atoms with Crippen molar-refractivity contribution in [3.63, 3.8) is 0 Å². The average molecular weight is 433 g/mol. The van der Waals surface area contributed by atoms with Gasteiger partial charge in [-0.15, -0.1) is 0 Å². The van der Waals surface area contributed by atoms with Crippen molar-refractivity contribution in [1.82, 2.24) is 9.88 Å². The van der Waals surface area contributed by atoms with Crippen LogP contribution in [0.4, 0.5) is 5.69 Å². The topological polar surface area (TPSA) is 87.5 Å². The van der Waals surface area contributed by atoms with Crippen LogP contribution in [0.2, 0.25) is 0 Å². The van der Waals surface area contributed by atoms with Crippen molar-refractivity contribution in [2.45, 2.75) is 32.8 Å². The zero-order valence-electron chi connectivity index (χ0n) is 18.8. The van der Waals surface area contributed by atoms with Gasteiger partial charge in [-0.05, 0) is 32.0 Å². The molecule has 2 aromatic rings. The number of methoxy groups -OCH3 is 1. The molecule has 4 rings (SSSR count). The van der Waals surface area contributed by atoms with Crippen LogP contribution in [0.25, 0.3) is 5.57 Å². The molecule has 2 aliphatic rings. The summed E-state index contributed by atoms with van der Waals surface area (Å²) >= 11 is 0. The van der Waals surface area contributed by atoms with Crippen LogP contribution in [-0.4, -0.2) is 55.2 Å². The zero-order chi connectivity index (χ0) is 22.7. The number of nitrogens with one attached hydrogen (secondary N) is 1. The van der Waals surface area contributed by atoms with Crippen LogP contribution in [-0.2, 0) is 17.6 Å². The van der Waals surface area contributed by atoms with E-state index in [2.05, 4.69) is 11.4 Å². The normalized spacial score (nSPS) is 17.4. The summed E-state index contributed by atoms with van der Waals surface area (Å²) in [6, 6.07) is 9.88. The Morgan fingerprint density at radius 3 is 2.97 bits per heavy atom. The van der Waals surface area contributed by atoms with E-state index < -0.39 is 0 Å². The van der Waals surface area contributed by atoms with E-state index in [1.807, 2.05) is 49.1 Å². The molecule has 0 spiro atoms. The minimum atomic E-state index is -0.00908. The number of allylic oxidation sites excluding steroid dienone is 2. The molecule has 1 aromatic heterocycles. The summed E-state index contributed by atoms with van der Waals surface area (Å²) in [5.74, 6) is 0.658. The van der Waals surface area contributed by atoms with Crippen molar-refractivity contribution >= 4 is 17.2 Å². The Labute approximate surface area is 188 Å². The Hall–Kier alpha value is -3.37. The first-order chi connectivity index (χ1) is 15.5. The number of carbonyl (C=O) groups is 1. The predicted molar refractivity (Wildman–Crippen MR) is 123 cm³/mol. The first-order valence-corrected chi connectivity index (χ1v) is 11.0. The Balaban J connectivity index is 1.59. The minimum absolute atomic E-state index is 0.00908. The van der Waals surface area contributed by atoms with Crippen LogP contribution in [0, 0.1) is 11.3 Å². The number of hydrogen-bond acceptors (Lipinski definition) is 6. The van der Waals surface area contributed by atoms with Gasteiger partial charge in [0, 0.05) is 60.5 Å². The molecule has 1 aromatic carbocycles. The molecule has 7 heteroatoms. The molecule has 0 saturated carbocycles. The lowest BCUT2D eigenvalue weighted by Gasteiger charge is -2.31. The number of nitriles is 1. The third-order valence-electron chi connectivity index (χ3n) is 5.84. The van der Waals surface area contributed by atoms with Crippen molar-refractivity contribution in [3.8, 4) is 11.8 Å². The Kier molecular flexibility index (Phi) is 6.42. The van der Waals surface area contributed by atoms with Gasteiger partial charge in [0.1, 0.15) is 5.75 Å². The number of pyridine rings is 1. The zero-order valence-corrected chi connectivity index (χ0v) is 18.8. The highest BCUT2D eigenvalue weighted by atomic mass is 16.5. The van der Waals surface area contributed by atoms with E-state index in [4.69, 9.17) is 14.5 Å². The summed E-state index contributed by atoms with van der Waals surface area (Å²) in [6.45, 7) is 6.51. The lowest BCUT2D eigenvalue weighted by atomic mass is 10.0. The lowest BCUT2D eigenvalue weighted by Crippen LogP contribution is -2.44. The first kappa shape index (κ1) is 21.8. The van der Waals surface area contributed by atoms with E-state index >= 15 is 0 Å². The van der Waals surface area contributed by atoms with Gasteiger partial charge in [-0.2, -0.15) is 5.26 Å². The number of carbonyl (C=O) groups excluding carboxylic acids is 1. The number of amides is 1. The maximum atomic E-state index is 12.9. The van der Waals surface area contributed by atoms with Crippen molar-refractivity contribution < 1.29 is 14.3 Å². The summed E-state index contributed by atoms with van der Waals surface area (Å²) < 4.78 is 11.2. The van der Waals surface area contributed by atoms with Gasteiger partial charge in [-0.3, -0.25) is 9.78 Å². The summed E-state index contributed by atoms with van der Waals surface area (Å²) in [5, 5.41) is 12.8. The molecule has 1 amide bonds. The largest absolute Gasteiger partial charge is 0.496 e. The van der Waals surface area contributed by atoms with Gasteiger partial charge in [-0.25, -0.2) is 0 Å². The Bertz CT molecular complexity index is 1100. The standard InChI is InChI=1S/C25H28N4O3/c1-4-27-22-13-20(28-21-8-7-19(14-26)24(21)22)11-17-5-6-18(12-23(17)31-3)25(30)29-9-10-32-16(2)15-29/h5-7,12-13,16H,4,8-11,15H2,1-3H3,(H,27,28)/t16-/m1/s1. The number of nitrogens with zero attached hydrogens (tertiary/aromatic N) is 3. The fourth-order valence-corrected chi connectivity index (χ4v) is 4.33. The van der Waals surface area contributed by atoms with E-state index in [1.165, 1.54) is 0 Å². The molecular formula is C25H28N4O3. The predicted octanol–water partition coefficient (Wildman–Crippen LogP) is 3.44. The molecule has 2 heterocycles. The van der Waals surface area contributed by atoms with Crippen LogP contribution in [0.1, 0.15) is 46.7 Å². The second-order valence-electron chi connectivity index (χ2n) is 8.08. The van der Waals surface area contributed by atoms with Gasteiger partial charge in [0.25, 0.3) is 5.91 Å². The quantitative estimate of drug-likeness (QED) is 0.752. The molecule has 0 unspecified atom stereocenters. The first-order valence-electron chi connectivity index (χ1n) is 11.0. The Morgan fingerprint density at radius 1 is 1.41 bits per heavy atom. The monoisotopic (exact) mass is 432 g/mol. The highest BCUT2D eigenvalue weighted by Gasteiger charge is 2.24. The molecule has 1 atom stereocenters. The third-order valence-corrected chi connectivity index (χ3v) is 5.84. The summed E-state index contributed by atoms with van der Waals surface area (Å²) in [6.07, 6.45) is 3.20. The summed E-state index contributed by atoms with van der Waals surface area (Å²) in [5.41, 5.74) is 5.90. The van der Waals surface area contributed by atoms with Crippen molar-refractivity contribution in [2.75, 3.05) is 38.7 Å². The Morgan fingerprint density at radius 2 is 2.25 bits per heavy atom. The molecule has 0 radical (unpaired) electrons. The van der Waals surface area contributed by atoms with Crippen LogP contribution < -0.4 is 10.1 Å². The number of benzene rings is 1. The molecule has 1 saturated heterocycles. The molecule has 32 heavy (non-hydrogen) atoms. The SMILES string of the molecule is CCNc1cc(Cc2ccc(C(=O)N3CCO[C@H](C)C3)cc2OC)nc2c1C(C#N)=CC2. The van der Waals surface area contributed by atoms with Crippen molar-refractivity contribution in [2.24, 2.45) is 0 Å². The molecule has 0 bridgehead atoms. The molecular weight excluding hydrogens is 404 g/mol. The average Bonchev–Trinajstić information content (AvgIpc) is 3.22. The highest BCUT2D eigenvalue weighted by molar-refractivity contribution is 5.95. The lowest BCUT2D eigenvalue weighted by molar-refractivity contribution is -0.0124. The van der Waals surface area contributed by atoms with Gasteiger partial charge >= 0.3 is 0 Å². The molecule has 7 nitrogen and oxygen atoms in total. The number of ether oxygens (including phenoxy) is 2. The fraction of sp³-hybridized carbons (Fsp3) is 0.400. The molecule has 1 aliphatic heterocycles. The minimum Gasteiger partial charge on any atom is -0.496 e. The number of hydrogen-bond donors (Lipinski definition) is 1. The van der Waals surface area contributed by atoms with E-state index in [-0.39, 0.29) is 12.0 Å². The molecule has 1 N–H and O–H groups in total.